The molecule has 8 heteroatoms. The van der Waals surface area contributed by atoms with E-state index in [1.807, 2.05) is 0 Å². The van der Waals surface area contributed by atoms with Crippen LogP contribution >= 0.6 is 12.4 Å². The number of alkyl halides is 3. The number of rotatable bonds is 1. The SMILES string of the molecule is Cl.N[C@H]1CCc2nn(-c3ccnc(C(F)(F)F)c3)cc21. The second kappa shape index (κ2) is 5.06. The number of aryl methyl sites for hydroxylation is 1. The van der Waals surface area contributed by atoms with E-state index >= 15 is 0 Å². The lowest BCUT2D eigenvalue weighted by Gasteiger charge is -2.08. The van der Waals surface area contributed by atoms with E-state index < -0.39 is 11.9 Å². The maximum Gasteiger partial charge on any atom is 0.433 e. The third-order valence-electron chi connectivity index (χ3n) is 3.21. The summed E-state index contributed by atoms with van der Waals surface area (Å²) in [5.41, 5.74) is 7.07. The molecular formula is C12H12ClF3N4. The number of nitrogens with two attached hydrogens (primary N) is 1. The summed E-state index contributed by atoms with van der Waals surface area (Å²) in [5.74, 6) is 0. The lowest BCUT2D eigenvalue weighted by molar-refractivity contribution is -0.141. The number of aromatic nitrogens is 3. The molecule has 0 bridgehead atoms. The van der Waals surface area contributed by atoms with E-state index in [0.717, 1.165) is 36.4 Å². The molecule has 0 aromatic carbocycles. The lowest BCUT2D eigenvalue weighted by atomic mass is 10.2. The molecule has 2 heterocycles. The van der Waals surface area contributed by atoms with Crippen molar-refractivity contribution in [3.8, 4) is 5.69 Å². The monoisotopic (exact) mass is 304 g/mol. The standard InChI is InChI=1S/C12H11F3N4.ClH/c13-12(14,15)11-5-7(3-4-17-11)19-6-8-9(16)1-2-10(8)18-19;/h3-6,9H,1-2,16H2;1H/t9-;/m0./s1. The second-order valence-electron chi connectivity index (χ2n) is 4.52. The molecule has 0 saturated heterocycles. The highest BCUT2D eigenvalue weighted by molar-refractivity contribution is 5.85. The van der Waals surface area contributed by atoms with E-state index in [0.29, 0.717) is 5.69 Å². The van der Waals surface area contributed by atoms with Crippen molar-refractivity contribution >= 4 is 12.4 Å². The highest BCUT2D eigenvalue weighted by atomic mass is 35.5. The number of hydrogen-bond donors (Lipinski definition) is 1. The molecule has 0 radical (unpaired) electrons. The summed E-state index contributed by atoms with van der Waals surface area (Å²) in [4.78, 5) is 3.32. The van der Waals surface area contributed by atoms with Crippen LogP contribution in [0.4, 0.5) is 13.2 Å². The Kier molecular flexibility index (Phi) is 3.75. The molecule has 0 amide bonds. The van der Waals surface area contributed by atoms with Gasteiger partial charge in [0.05, 0.1) is 11.4 Å². The van der Waals surface area contributed by atoms with Crippen LogP contribution in [0.2, 0.25) is 0 Å². The molecule has 0 fully saturated rings. The van der Waals surface area contributed by atoms with Crippen molar-refractivity contribution in [3.63, 3.8) is 0 Å². The highest BCUT2D eigenvalue weighted by Crippen LogP contribution is 2.31. The Morgan fingerprint density at radius 1 is 1.35 bits per heavy atom. The smallest absolute Gasteiger partial charge is 0.324 e. The van der Waals surface area contributed by atoms with Crippen LogP contribution in [0, 0.1) is 0 Å². The van der Waals surface area contributed by atoms with Crippen LogP contribution in [0.25, 0.3) is 5.69 Å². The van der Waals surface area contributed by atoms with Gasteiger partial charge in [-0.15, -0.1) is 12.4 Å². The molecule has 1 aliphatic rings. The Morgan fingerprint density at radius 2 is 2.10 bits per heavy atom. The van der Waals surface area contributed by atoms with Gasteiger partial charge in [-0.3, -0.25) is 4.98 Å². The fraction of sp³-hybridized carbons (Fsp3) is 0.333. The van der Waals surface area contributed by atoms with Crippen molar-refractivity contribution in [2.45, 2.75) is 25.1 Å². The molecule has 2 N–H and O–H groups in total. The van der Waals surface area contributed by atoms with Crippen LogP contribution in [0.1, 0.15) is 29.4 Å². The van der Waals surface area contributed by atoms with E-state index in [-0.39, 0.29) is 18.4 Å². The molecule has 3 rings (SSSR count). The zero-order valence-electron chi connectivity index (χ0n) is 10.3. The van der Waals surface area contributed by atoms with Crippen molar-refractivity contribution in [1.29, 1.82) is 0 Å². The Balaban J connectivity index is 0.00000147. The Morgan fingerprint density at radius 3 is 2.75 bits per heavy atom. The van der Waals surface area contributed by atoms with Crippen molar-refractivity contribution < 1.29 is 13.2 Å². The molecule has 0 aliphatic heterocycles. The van der Waals surface area contributed by atoms with Gasteiger partial charge < -0.3 is 5.73 Å². The second-order valence-corrected chi connectivity index (χ2v) is 4.52. The Hall–Kier alpha value is -1.60. The van der Waals surface area contributed by atoms with Gasteiger partial charge in [0, 0.05) is 24.0 Å². The first kappa shape index (κ1) is 14.8. The van der Waals surface area contributed by atoms with E-state index in [9.17, 15) is 13.2 Å². The molecule has 2 aromatic rings. The van der Waals surface area contributed by atoms with Gasteiger partial charge in [0.25, 0.3) is 0 Å². The number of nitrogens with zero attached hydrogens (tertiary/aromatic N) is 3. The lowest BCUT2D eigenvalue weighted by Crippen LogP contribution is -2.09. The molecule has 0 unspecified atom stereocenters. The number of hydrogen-bond acceptors (Lipinski definition) is 3. The van der Waals surface area contributed by atoms with Crippen LogP contribution in [-0.2, 0) is 12.6 Å². The van der Waals surface area contributed by atoms with Crippen LogP contribution in [0.5, 0.6) is 0 Å². The summed E-state index contributed by atoms with van der Waals surface area (Å²) in [5, 5.41) is 4.28. The minimum absolute atomic E-state index is 0. The van der Waals surface area contributed by atoms with Gasteiger partial charge in [-0.25, -0.2) is 4.68 Å². The average molecular weight is 305 g/mol. The van der Waals surface area contributed by atoms with Crippen molar-refractivity contribution in [2.75, 3.05) is 0 Å². The minimum Gasteiger partial charge on any atom is -0.324 e. The predicted molar refractivity (Wildman–Crippen MR) is 68.9 cm³/mol. The first-order valence-electron chi connectivity index (χ1n) is 5.83. The topological polar surface area (TPSA) is 56.7 Å². The van der Waals surface area contributed by atoms with Gasteiger partial charge in [0.2, 0.25) is 0 Å². The highest BCUT2D eigenvalue weighted by Gasteiger charge is 2.33. The number of halogens is 4. The van der Waals surface area contributed by atoms with Gasteiger partial charge >= 0.3 is 6.18 Å². The summed E-state index contributed by atoms with van der Waals surface area (Å²) in [6.07, 6.45) is -0.0287. The van der Waals surface area contributed by atoms with Gasteiger partial charge in [0.1, 0.15) is 5.69 Å². The average Bonchev–Trinajstić information content (AvgIpc) is 2.91. The van der Waals surface area contributed by atoms with E-state index in [4.69, 9.17) is 5.73 Å². The summed E-state index contributed by atoms with van der Waals surface area (Å²) in [7, 11) is 0. The predicted octanol–water partition coefficient (Wildman–Crippen LogP) is 2.65. The molecule has 0 spiro atoms. The van der Waals surface area contributed by atoms with E-state index in [2.05, 4.69) is 10.1 Å². The molecule has 2 aromatic heterocycles. The molecule has 20 heavy (non-hydrogen) atoms. The van der Waals surface area contributed by atoms with Crippen LogP contribution in [-0.4, -0.2) is 14.8 Å². The molecule has 1 atom stereocenters. The Bertz CT molecular complexity index is 623. The minimum atomic E-state index is -4.46. The van der Waals surface area contributed by atoms with E-state index in [1.54, 1.807) is 6.20 Å². The van der Waals surface area contributed by atoms with Crippen molar-refractivity contribution in [2.24, 2.45) is 5.73 Å². The molecule has 4 nitrogen and oxygen atoms in total. The fourth-order valence-electron chi connectivity index (χ4n) is 2.22. The van der Waals surface area contributed by atoms with Crippen LogP contribution in [0.15, 0.2) is 24.5 Å². The third kappa shape index (κ3) is 2.51. The number of fused-ring (bicyclic) bond motifs is 1. The van der Waals surface area contributed by atoms with Gasteiger partial charge in [0.15, 0.2) is 0 Å². The van der Waals surface area contributed by atoms with Gasteiger partial charge in [-0.1, -0.05) is 0 Å². The molecule has 1 aliphatic carbocycles. The summed E-state index contributed by atoms with van der Waals surface area (Å²) >= 11 is 0. The molecule has 0 saturated carbocycles. The van der Waals surface area contributed by atoms with Crippen molar-refractivity contribution in [3.05, 3.63) is 41.5 Å². The first-order chi connectivity index (χ1) is 8.95. The maximum absolute atomic E-state index is 12.6. The van der Waals surface area contributed by atoms with E-state index in [1.165, 1.54) is 10.7 Å². The third-order valence-corrected chi connectivity index (χ3v) is 3.21. The number of pyridine rings is 1. The summed E-state index contributed by atoms with van der Waals surface area (Å²) in [6.45, 7) is 0. The fourth-order valence-corrected chi connectivity index (χ4v) is 2.22. The van der Waals surface area contributed by atoms with Crippen molar-refractivity contribution in [1.82, 2.24) is 14.8 Å². The quantitative estimate of drug-likeness (QED) is 0.881. The maximum atomic E-state index is 12.6. The zero-order valence-corrected chi connectivity index (χ0v) is 11.1. The zero-order chi connectivity index (χ0) is 13.6. The molecular weight excluding hydrogens is 293 g/mol. The normalized spacial score (nSPS) is 17.7. The van der Waals surface area contributed by atoms with Gasteiger partial charge in [-0.2, -0.15) is 18.3 Å². The molecule has 108 valence electrons. The summed E-state index contributed by atoms with van der Waals surface area (Å²) < 4.78 is 39.2. The Labute approximate surface area is 119 Å². The van der Waals surface area contributed by atoms with Crippen LogP contribution < -0.4 is 5.73 Å². The van der Waals surface area contributed by atoms with Gasteiger partial charge in [-0.05, 0) is 25.0 Å². The first-order valence-corrected chi connectivity index (χ1v) is 5.83. The van der Waals surface area contributed by atoms with Crippen LogP contribution in [0.3, 0.4) is 0 Å². The largest absolute Gasteiger partial charge is 0.433 e. The summed E-state index contributed by atoms with van der Waals surface area (Å²) in [6, 6.07) is 2.39.